The van der Waals surface area contributed by atoms with Gasteiger partial charge in [-0.3, -0.25) is 0 Å². The van der Waals surface area contributed by atoms with Gasteiger partial charge in [-0.05, 0) is 39.3 Å². The number of carbonyl (C=O) groups is 1. The van der Waals surface area contributed by atoms with Gasteiger partial charge in [0.25, 0.3) is 0 Å². The Bertz CT molecular complexity index is 722. The van der Waals surface area contributed by atoms with Gasteiger partial charge in [0.1, 0.15) is 5.65 Å². The molecule has 0 spiro atoms. The number of carbonyl (C=O) groups excluding carboxylic acids is 1. The fraction of sp³-hybridized carbons (Fsp3) is 0.529. The summed E-state index contributed by atoms with van der Waals surface area (Å²) in [5.74, 6) is 0. The summed E-state index contributed by atoms with van der Waals surface area (Å²) in [5.41, 5.74) is 2.61. The van der Waals surface area contributed by atoms with Gasteiger partial charge in [0.05, 0.1) is 30.5 Å². The van der Waals surface area contributed by atoms with Gasteiger partial charge in [-0.15, -0.1) is 0 Å². The van der Waals surface area contributed by atoms with E-state index >= 15 is 0 Å². The SMILES string of the molecule is Cc1ccc2nc(CNC(=O)N3CC(C)OC(C)(C)C3)cn2c1. The molecular formula is C17H24N4O2. The van der Waals surface area contributed by atoms with Crippen molar-refractivity contribution in [1.29, 1.82) is 0 Å². The van der Waals surface area contributed by atoms with E-state index in [1.807, 2.05) is 61.5 Å². The predicted molar refractivity (Wildman–Crippen MR) is 88.4 cm³/mol. The summed E-state index contributed by atoms with van der Waals surface area (Å²) < 4.78 is 7.81. The van der Waals surface area contributed by atoms with Crippen LogP contribution in [0.3, 0.4) is 0 Å². The number of hydrogen-bond donors (Lipinski definition) is 1. The molecule has 1 aliphatic rings. The van der Waals surface area contributed by atoms with E-state index < -0.39 is 0 Å². The van der Waals surface area contributed by atoms with Gasteiger partial charge in [0.15, 0.2) is 0 Å². The molecule has 0 aromatic carbocycles. The number of pyridine rings is 1. The molecule has 1 saturated heterocycles. The Kier molecular flexibility index (Phi) is 4.02. The van der Waals surface area contributed by atoms with Crippen LogP contribution in [-0.2, 0) is 11.3 Å². The van der Waals surface area contributed by atoms with E-state index in [1.54, 1.807) is 0 Å². The number of hydrogen-bond acceptors (Lipinski definition) is 3. The zero-order valence-electron chi connectivity index (χ0n) is 14.2. The van der Waals surface area contributed by atoms with Crippen LogP contribution in [0, 0.1) is 6.92 Å². The summed E-state index contributed by atoms with van der Waals surface area (Å²) in [6.07, 6.45) is 4.02. The normalized spacial score (nSPS) is 20.7. The third-order valence-corrected chi connectivity index (χ3v) is 3.93. The molecule has 0 aliphatic carbocycles. The maximum Gasteiger partial charge on any atom is 0.317 e. The number of morpholine rings is 1. The van der Waals surface area contributed by atoms with Crippen LogP contribution >= 0.6 is 0 Å². The van der Waals surface area contributed by atoms with Gasteiger partial charge in [-0.2, -0.15) is 0 Å². The zero-order chi connectivity index (χ0) is 16.6. The minimum atomic E-state index is -0.310. The first-order valence-electron chi connectivity index (χ1n) is 7.97. The minimum absolute atomic E-state index is 0.0441. The standard InChI is InChI=1S/C17H24N4O2/c1-12-5-6-15-19-14(10-20(15)8-12)7-18-16(22)21-9-13(2)23-17(3,4)11-21/h5-6,8,10,13H,7,9,11H2,1-4H3,(H,18,22). The van der Waals surface area contributed by atoms with Gasteiger partial charge >= 0.3 is 6.03 Å². The fourth-order valence-electron chi connectivity index (χ4n) is 3.13. The number of nitrogens with one attached hydrogen (secondary N) is 1. The maximum atomic E-state index is 12.4. The van der Waals surface area contributed by atoms with E-state index in [1.165, 1.54) is 5.56 Å². The van der Waals surface area contributed by atoms with Crippen LogP contribution < -0.4 is 5.32 Å². The molecule has 3 rings (SSSR count). The molecule has 0 radical (unpaired) electrons. The van der Waals surface area contributed by atoms with Crippen molar-refractivity contribution in [1.82, 2.24) is 19.6 Å². The number of aromatic nitrogens is 2. The third kappa shape index (κ3) is 3.64. The minimum Gasteiger partial charge on any atom is -0.369 e. The average Bonchev–Trinajstić information content (AvgIpc) is 2.84. The third-order valence-electron chi connectivity index (χ3n) is 3.93. The molecule has 23 heavy (non-hydrogen) atoms. The van der Waals surface area contributed by atoms with Crippen molar-refractivity contribution < 1.29 is 9.53 Å². The maximum absolute atomic E-state index is 12.4. The van der Waals surface area contributed by atoms with Crippen molar-refractivity contribution >= 4 is 11.7 Å². The number of nitrogens with zero attached hydrogens (tertiary/aromatic N) is 3. The number of aryl methyl sites for hydroxylation is 1. The van der Waals surface area contributed by atoms with Gasteiger partial charge in [-0.25, -0.2) is 9.78 Å². The molecule has 3 heterocycles. The summed E-state index contributed by atoms with van der Waals surface area (Å²) in [6.45, 7) is 9.67. The van der Waals surface area contributed by atoms with Gasteiger partial charge < -0.3 is 19.4 Å². The zero-order valence-corrected chi connectivity index (χ0v) is 14.2. The van der Waals surface area contributed by atoms with E-state index in [0.717, 1.165) is 11.3 Å². The van der Waals surface area contributed by atoms with Crippen molar-refractivity contribution in [3.8, 4) is 0 Å². The lowest BCUT2D eigenvalue weighted by Crippen LogP contribution is -2.56. The van der Waals surface area contributed by atoms with E-state index in [4.69, 9.17) is 4.74 Å². The highest BCUT2D eigenvalue weighted by Gasteiger charge is 2.33. The fourth-order valence-corrected chi connectivity index (χ4v) is 3.13. The Hall–Kier alpha value is -2.08. The molecule has 124 valence electrons. The van der Waals surface area contributed by atoms with E-state index in [0.29, 0.717) is 19.6 Å². The first-order chi connectivity index (χ1) is 10.8. The van der Waals surface area contributed by atoms with Crippen LogP contribution in [0.4, 0.5) is 4.79 Å². The summed E-state index contributed by atoms with van der Waals surface area (Å²) in [7, 11) is 0. The van der Waals surface area contributed by atoms with Crippen molar-refractivity contribution in [2.45, 2.75) is 45.9 Å². The van der Waals surface area contributed by atoms with E-state index in [-0.39, 0.29) is 17.7 Å². The smallest absolute Gasteiger partial charge is 0.317 e. The highest BCUT2D eigenvalue weighted by molar-refractivity contribution is 5.74. The number of imidazole rings is 1. The predicted octanol–water partition coefficient (Wildman–Crippen LogP) is 2.35. The molecule has 0 saturated carbocycles. The second kappa shape index (κ2) is 5.85. The quantitative estimate of drug-likeness (QED) is 0.925. The first kappa shape index (κ1) is 15.8. The lowest BCUT2D eigenvalue weighted by Gasteiger charge is -2.41. The van der Waals surface area contributed by atoms with Crippen LogP contribution in [0.25, 0.3) is 5.65 Å². The summed E-state index contributed by atoms with van der Waals surface area (Å²) in [5, 5.41) is 2.96. The highest BCUT2D eigenvalue weighted by atomic mass is 16.5. The molecule has 6 heteroatoms. The molecule has 1 atom stereocenters. The average molecular weight is 316 g/mol. The van der Waals surface area contributed by atoms with Crippen molar-refractivity contribution in [2.75, 3.05) is 13.1 Å². The highest BCUT2D eigenvalue weighted by Crippen LogP contribution is 2.20. The van der Waals surface area contributed by atoms with Crippen LogP contribution in [0.15, 0.2) is 24.5 Å². The second-order valence-corrected chi connectivity index (χ2v) is 6.93. The second-order valence-electron chi connectivity index (χ2n) is 6.93. The Labute approximate surface area is 136 Å². The van der Waals surface area contributed by atoms with Crippen LogP contribution in [0.5, 0.6) is 0 Å². The first-order valence-corrected chi connectivity index (χ1v) is 7.97. The Balaban J connectivity index is 1.63. The molecule has 0 bridgehead atoms. The van der Waals surface area contributed by atoms with Crippen molar-refractivity contribution in [3.05, 3.63) is 35.8 Å². The lowest BCUT2D eigenvalue weighted by atomic mass is 10.1. The topological polar surface area (TPSA) is 58.9 Å². The lowest BCUT2D eigenvalue weighted by molar-refractivity contribution is -0.117. The summed E-state index contributed by atoms with van der Waals surface area (Å²) in [4.78, 5) is 18.7. The van der Waals surface area contributed by atoms with E-state index in [9.17, 15) is 4.79 Å². The van der Waals surface area contributed by atoms with Crippen LogP contribution in [-0.4, -0.2) is 45.1 Å². The number of urea groups is 1. The van der Waals surface area contributed by atoms with E-state index in [2.05, 4.69) is 10.3 Å². The molecule has 2 amide bonds. The molecule has 6 nitrogen and oxygen atoms in total. The largest absolute Gasteiger partial charge is 0.369 e. The number of amides is 2. The molecule has 1 aliphatic heterocycles. The molecule has 1 fully saturated rings. The molecule has 2 aromatic heterocycles. The Morgan fingerprint density at radius 2 is 2.22 bits per heavy atom. The number of rotatable bonds is 2. The molecular weight excluding hydrogens is 292 g/mol. The summed E-state index contributed by atoms with van der Waals surface area (Å²) >= 11 is 0. The Morgan fingerprint density at radius 1 is 1.43 bits per heavy atom. The van der Waals surface area contributed by atoms with Crippen LogP contribution in [0.1, 0.15) is 32.0 Å². The van der Waals surface area contributed by atoms with Crippen molar-refractivity contribution in [2.24, 2.45) is 0 Å². The molecule has 2 aromatic rings. The number of fused-ring (bicyclic) bond motifs is 1. The monoisotopic (exact) mass is 316 g/mol. The molecule has 1 N–H and O–H groups in total. The van der Waals surface area contributed by atoms with Crippen molar-refractivity contribution in [3.63, 3.8) is 0 Å². The van der Waals surface area contributed by atoms with Gasteiger partial charge in [0, 0.05) is 18.9 Å². The van der Waals surface area contributed by atoms with Gasteiger partial charge in [-0.1, -0.05) is 6.07 Å². The molecule has 1 unspecified atom stereocenters. The summed E-state index contributed by atoms with van der Waals surface area (Å²) in [6, 6.07) is 3.94. The van der Waals surface area contributed by atoms with Gasteiger partial charge in [0.2, 0.25) is 0 Å². The Morgan fingerprint density at radius 3 is 2.96 bits per heavy atom. The van der Waals surface area contributed by atoms with Crippen LogP contribution in [0.2, 0.25) is 0 Å². The number of ether oxygens (including phenoxy) is 1.